The molecule has 2 aliphatic rings. The van der Waals surface area contributed by atoms with E-state index in [0.29, 0.717) is 13.1 Å². The summed E-state index contributed by atoms with van der Waals surface area (Å²) in [5, 5.41) is 3.06. The Balaban J connectivity index is 1.54. The molecule has 3 unspecified atom stereocenters. The van der Waals surface area contributed by atoms with Gasteiger partial charge in [-0.3, -0.25) is 15.1 Å². The number of hydrazine groups is 1. The monoisotopic (exact) mass is 336 g/mol. The third-order valence-corrected chi connectivity index (χ3v) is 4.79. The van der Waals surface area contributed by atoms with Crippen molar-refractivity contribution >= 4 is 5.91 Å². The highest BCUT2D eigenvalue weighted by Gasteiger charge is 2.34. The quantitative estimate of drug-likeness (QED) is 0.728. The SMILES string of the molecule is CC(CNC(=O)C1CNNC1c1ccc(F)cc1)N1CCOCC1. The number of hydrogen-bond donors (Lipinski definition) is 3. The number of benzene rings is 1. The minimum Gasteiger partial charge on any atom is -0.379 e. The fourth-order valence-corrected chi connectivity index (χ4v) is 3.25. The number of hydrogen-bond acceptors (Lipinski definition) is 5. The summed E-state index contributed by atoms with van der Waals surface area (Å²) >= 11 is 0. The summed E-state index contributed by atoms with van der Waals surface area (Å²) in [5.41, 5.74) is 7.06. The Morgan fingerprint density at radius 1 is 1.38 bits per heavy atom. The van der Waals surface area contributed by atoms with Crippen molar-refractivity contribution in [2.75, 3.05) is 39.4 Å². The molecule has 2 heterocycles. The average Bonchev–Trinajstić information content (AvgIpc) is 3.10. The Kier molecular flexibility index (Phi) is 5.78. The van der Waals surface area contributed by atoms with Crippen LogP contribution < -0.4 is 16.2 Å². The largest absolute Gasteiger partial charge is 0.379 e. The van der Waals surface area contributed by atoms with E-state index in [4.69, 9.17) is 4.74 Å². The summed E-state index contributed by atoms with van der Waals surface area (Å²) in [6, 6.07) is 6.41. The summed E-state index contributed by atoms with van der Waals surface area (Å²) in [4.78, 5) is 14.9. The molecule has 2 aliphatic heterocycles. The van der Waals surface area contributed by atoms with E-state index in [1.807, 2.05) is 0 Å². The van der Waals surface area contributed by atoms with Crippen LogP contribution in [0.2, 0.25) is 0 Å². The van der Waals surface area contributed by atoms with Gasteiger partial charge in [0.05, 0.1) is 25.2 Å². The molecule has 0 radical (unpaired) electrons. The van der Waals surface area contributed by atoms with E-state index in [1.54, 1.807) is 12.1 Å². The van der Waals surface area contributed by atoms with E-state index in [2.05, 4.69) is 28.0 Å². The normalized spacial score (nSPS) is 26.2. The molecule has 6 nitrogen and oxygen atoms in total. The van der Waals surface area contributed by atoms with Gasteiger partial charge in [-0.2, -0.15) is 0 Å². The van der Waals surface area contributed by atoms with Crippen molar-refractivity contribution in [2.45, 2.75) is 19.0 Å². The third-order valence-electron chi connectivity index (χ3n) is 4.79. The Hall–Kier alpha value is -1.54. The molecular formula is C17H25FN4O2. The molecule has 24 heavy (non-hydrogen) atoms. The molecule has 0 aromatic heterocycles. The molecule has 1 aromatic carbocycles. The standard InChI is InChI=1S/C17H25FN4O2/c1-12(22-6-8-24-9-7-22)10-19-17(23)15-11-20-21-16(15)13-2-4-14(18)5-3-13/h2-5,12,15-16,20-21H,6-11H2,1H3,(H,19,23). The lowest BCUT2D eigenvalue weighted by Gasteiger charge is -2.32. The lowest BCUT2D eigenvalue weighted by Crippen LogP contribution is -2.48. The Bertz CT molecular complexity index is 548. The molecule has 1 amide bonds. The molecule has 3 rings (SSSR count). The van der Waals surface area contributed by atoms with E-state index >= 15 is 0 Å². The molecule has 0 spiro atoms. The highest BCUT2D eigenvalue weighted by atomic mass is 19.1. The predicted molar refractivity (Wildman–Crippen MR) is 88.6 cm³/mol. The van der Waals surface area contributed by atoms with E-state index in [9.17, 15) is 9.18 Å². The Morgan fingerprint density at radius 3 is 2.79 bits per heavy atom. The zero-order valence-electron chi connectivity index (χ0n) is 13.9. The lowest BCUT2D eigenvalue weighted by molar-refractivity contribution is -0.125. The molecule has 3 N–H and O–H groups in total. The molecule has 1 aromatic rings. The number of amides is 1. The minimum absolute atomic E-state index is 0.0157. The van der Waals surface area contributed by atoms with Crippen LogP contribution in [-0.4, -0.2) is 56.2 Å². The van der Waals surface area contributed by atoms with Crippen molar-refractivity contribution in [1.29, 1.82) is 0 Å². The lowest BCUT2D eigenvalue weighted by atomic mass is 9.94. The fraction of sp³-hybridized carbons (Fsp3) is 0.588. The van der Waals surface area contributed by atoms with Crippen LogP contribution in [0.4, 0.5) is 4.39 Å². The van der Waals surface area contributed by atoms with Crippen LogP contribution in [0.5, 0.6) is 0 Å². The Labute approximate surface area is 141 Å². The second-order valence-electron chi connectivity index (χ2n) is 6.40. The van der Waals surface area contributed by atoms with Gasteiger partial charge in [-0.25, -0.2) is 9.82 Å². The first kappa shape index (κ1) is 17.3. The first-order chi connectivity index (χ1) is 11.6. The number of halogens is 1. The number of rotatable bonds is 5. The van der Waals surface area contributed by atoms with Gasteiger partial charge in [0.15, 0.2) is 0 Å². The van der Waals surface area contributed by atoms with Gasteiger partial charge in [-0.15, -0.1) is 0 Å². The number of ether oxygens (including phenoxy) is 1. The molecule has 3 atom stereocenters. The molecule has 2 saturated heterocycles. The fourth-order valence-electron chi connectivity index (χ4n) is 3.25. The van der Waals surface area contributed by atoms with Crippen molar-refractivity contribution < 1.29 is 13.9 Å². The zero-order chi connectivity index (χ0) is 16.9. The molecular weight excluding hydrogens is 311 g/mol. The van der Waals surface area contributed by atoms with Gasteiger partial charge in [0.2, 0.25) is 5.91 Å². The number of nitrogens with one attached hydrogen (secondary N) is 3. The maximum atomic E-state index is 13.1. The van der Waals surface area contributed by atoms with Crippen molar-refractivity contribution in [3.05, 3.63) is 35.6 Å². The van der Waals surface area contributed by atoms with E-state index in [0.717, 1.165) is 31.9 Å². The summed E-state index contributed by atoms with van der Waals surface area (Å²) in [7, 11) is 0. The number of carbonyl (C=O) groups is 1. The van der Waals surface area contributed by atoms with Gasteiger partial charge in [0.1, 0.15) is 5.82 Å². The van der Waals surface area contributed by atoms with Gasteiger partial charge in [0.25, 0.3) is 0 Å². The maximum Gasteiger partial charge on any atom is 0.226 e. The van der Waals surface area contributed by atoms with Crippen molar-refractivity contribution in [3.8, 4) is 0 Å². The summed E-state index contributed by atoms with van der Waals surface area (Å²) in [6.45, 7) is 6.60. The summed E-state index contributed by atoms with van der Waals surface area (Å²) in [6.07, 6.45) is 0. The molecule has 0 bridgehead atoms. The van der Waals surface area contributed by atoms with Crippen LogP contribution >= 0.6 is 0 Å². The highest BCUT2D eigenvalue weighted by molar-refractivity contribution is 5.80. The smallest absolute Gasteiger partial charge is 0.226 e. The average molecular weight is 336 g/mol. The minimum atomic E-state index is -0.273. The van der Waals surface area contributed by atoms with Crippen molar-refractivity contribution in [1.82, 2.24) is 21.1 Å². The van der Waals surface area contributed by atoms with E-state index in [1.165, 1.54) is 12.1 Å². The van der Waals surface area contributed by atoms with Gasteiger partial charge >= 0.3 is 0 Å². The highest BCUT2D eigenvalue weighted by Crippen LogP contribution is 2.25. The second-order valence-corrected chi connectivity index (χ2v) is 6.40. The van der Waals surface area contributed by atoms with E-state index < -0.39 is 0 Å². The Morgan fingerprint density at radius 2 is 2.08 bits per heavy atom. The first-order valence-electron chi connectivity index (χ1n) is 8.48. The van der Waals surface area contributed by atoms with Crippen LogP contribution in [0.25, 0.3) is 0 Å². The molecule has 0 aliphatic carbocycles. The molecule has 0 saturated carbocycles. The summed E-state index contributed by atoms with van der Waals surface area (Å²) < 4.78 is 18.4. The van der Waals surface area contributed by atoms with Crippen LogP contribution in [0.15, 0.2) is 24.3 Å². The zero-order valence-corrected chi connectivity index (χ0v) is 13.9. The van der Waals surface area contributed by atoms with Crippen LogP contribution in [0.3, 0.4) is 0 Å². The van der Waals surface area contributed by atoms with Crippen LogP contribution in [0.1, 0.15) is 18.5 Å². The van der Waals surface area contributed by atoms with Gasteiger partial charge in [-0.1, -0.05) is 12.1 Å². The molecule has 132 valence electrons. The topological polar surface area (TPSA) is 65.6 Å². The van der Waals surface area contributed by atoms with E-state index in [-0.39, 0.29) is 29.7 Å². The van der Waals surface area contributed by atoms with Gasteiger partial charge in [-0.05, 0) is 24.6 Å². The third kappa shape index (κ3) is 4.10. The maximum absolute atomic E-state index is 13.1. The van der Waals surface area contributed by atoms with Crippen molar-refractivity contribution in [3.63, 3.8) is 0 Å². The number of nitrogens with zero attached hydrogens (tertiary/aromatic N) is 1. The number of morpholine rings is 1. The predicted octanol–water partition coefficient (Wildman–Crippen LogP) is 0.428. The first-order valence-corrected chi connectivity index (χ1v) is 8.48. The van der Waals surface area contributed by atoms with Gasteiger partial charge < -0.3 is 10.1 Å². The number of carbonyl (C=O) groups excluding carboxylic acids is 1. The molecule has 2 fully saturated rings. The second kappa shape index (κ2) is 8.02. The summed E-state index contributed by atoms with van der Waals surface area (Å²) in [5.74, 6) is -0.473. The van der Waals surface area contributed by atoms with Gasteiger partial charge in [0, 0.05) is 32.2 Å². The van der Waals surface area contributed by atoms with Crippen LogP contribution in [0, 0.1) is 11.7 Å². The van der Waals surface area contributed by atoms with Crippen molar-refractivity contribution in [2.24, 2.45) is 5.92 Å². The van der Waals surface area contributed by atoms with Crippen LogP contribution in [-0.2, 0) is 9.53 Å². The molecule has 7 heteroatoms.